The Hall–Kier alpha value is -3.46. The number of thioether (sulfide) groups is 1. The minimum Gasteiger partial charge on any atom is -0.492 e. The van der Waals surface area contributed by atoms with Gasteiger partial charge in [0, 0.05) is 12.4 Å². The largest absolute Gasteiger partial charge is 0.492 e. The van der Waals surface area contributed by atoms with E-state index in [0.29, 0.717) is 29.0 Å². The number of nitrogens with one attached hydrogen (secondary N) is 1. The van der Waals surface area contributed by atoms with Gasteiger partial charge in [-0.25, -0.2) is 0 Å². The molecule has 9 heteroatoms. The molecule has 0 aliphatic heterocycles. The topological polar surface area (TPSA) is 87.1 Å². The molecule has 0 aliphatic rings. The predicted octanol–water partition coefficient (Wildman–Crippen LogP) is 3.78. The van der Waals surface area contributed by atoms with E-state index in [4.69, 9.17) is 9.15 Å². The quantitative estimate of drug-likeness (QED) is 0.443. The van der Waals surface area contributed by atoms with Crippen molar-refractivity contribution in [3.05, 3.63) is 83.3 Å². The maximum absolute atomic E-state index is 13.2. The normalized spacial score (nSPS) is 10.8. The van der Waals surface area contributed by atoms with Crippen molar-refractivity contribution in [2.24, 2.45) is 0 Å². The summed E-state index contributed by atoms with van der Waals surface area (Å²) in [6, 6.07) is 14.8. The van der Waals surface area contributed by atoms with Crippen LogP contribution in [-0.4, -0.2) is 26.2 Å². The molecule has 148 valence electrons. The molecule has 0 amide bonds. The Morgan fingerprint density at radius 2 is 1.93 bits per heavy atom. The van der Waals surface area contributed by atoms with Crippen molar-refractivity contribution in [1.82, 2.24) is 19.5 Å². The van der Waals surface area contributed by atoms with E-state index in [-0.39, 0.29) is 11.4 Å². The van der Waals surface area contributed by atoms with Gasteiger partial charge in [0.2, 0.25) is 11.0 Å². The van der Waals surface area contributed by atoms with Crippen LogP contribution >= 0.6 is 11.8 Å². The van der Waals surface area contributed by atoms with Crippen LogP contribution in [0, 0.1) is 0 Å². The number of hydrogen-bond donors (Lipinski definition) is 1. The number of anilines is 2. The number of furan rings is 1. The second-order valence-corrected chi connectivity index (χ2v) is 6.88. The van der Waals surface area contributed by atoms with Gasteiger partial charge in [-0.1, -0.05) is 23.9 Å². The number of benzene rings is 1. The van der Waals surface area contributed by atoms with Gasteiger partial charge in [-0.15, -0.1) is 10.2 Å². The van der Waals surface area contributed by atoms with Gasteiger partial charge in [0.05, 0.1) is 24.3 Å². The Kier molecular flexibility index (Phi) is 5.66. The van der Waals surface area contributed by atoms with Crippen molar-refractivity contribution < 1.29 is 9.15 Å². The van der Waals surface area contributed by atoms with E-state index in [1.54, 1.807) is 23.3 Å². The van der Waals surface area contributed by atoms with Crippen molar-refractivity contribution in [3.8, 4) is 5.75 Å². The fourth-order valence-corrected chi connectivity index (χ4v) is 3.54. The third-order valence-corrected chi connectivity index (χ3v) is 4.94. The van der Waals surface area contributed by atoms with Crippen LogP contribution in [0.25, 0.3) is 0 Å². The molecule has 3 aromatic heterocycles. The maximum atomic E-state index is 13.2. The van der Waals surface area contributed by atoms with Crippen molar-refractivity contribution in [1.29, 1.82) is 0 Å². The van der Waals surface area contributed by atoms with E-state index in [0.717, 1.165) is 5.76 Å². The van der Waals surface area contributed by atoms with Gasteiger partial charge in [0.25, 0.3) is 0 Å². The first-order valence-corrected chi connectivity index (χ1v) is 10.0. The summed E-state index contributed by atoms with van der Waals surface area (Å²) in [6.45, 7) is 2.42. The SMILES string of the molecule is CCOc1ccccc1Nc1nnc(SCc2ccco2)n(-n2cccc2)c1=O. The van der Waals surface area contributed by atoms with Crippen LogP contribution < -0.4 is 15.6 Å². The van der Waals surface area contributed by atoms with Gasteiger partial charge < -0.3 is 14.5 Å². The average molecular weight is 409 g/mol. The number of nitrogens with zero attached hydrogens (tertiary/aromatic N) is 4. The molecule has 0 saturated heterocycles. The van der Waals surface area contributed by atoms with Crippen LogP contribution in [0.3, 0.4) is 0 Å². The van der Waals surface area contributed by atoms with Crippen molar-refractivity contribution in [3.63, 3.8) is 0 Å². The highest BCUT2D eigenvalue weighted by molar-refractivity contribution is 7.98. The highest BCUT2D eigenvalue weighted by Crippen LogP contribution is 2.26. The highest BCUT2D eigenvalue weighted by Gasteiger charge is 2.16. The molecule has 1 N–H and O–H groups in total. The molecule has 0 atom stereocenters. The van der Waals surface area contributed by atoms with Crippen LogP contribution in [0.15, 0.2) is 81.6 Å². The minimum absolute atomic E-state index is 0.105. The smallest absolute Gasteiger partial charge is 0.316 e. The molecular formula is C20H19N5O3S. The number of ether oxygens (including phenoxy) is 1. The van der Waals surface area contributed by atoms with Crippen LogP contribution in [0.1, 0.15) is 12.7 Å². The lowest BCUT2D eigenvalue weighted by Gasteiger charge is -2.15. The van der Waals surface area contributed by atoms with Gasteiger partial charge in [-0.2, -0.15) is 4.68 Å². The van der Waals surface area contributed by atoms with Gasteiger partial charge in [-0.3, -0.25) is 9.47 Å². The number of para-hydroxylation sites is 2. The molecule has 0 bridgehead atoms. The van der Waals surface area contributed by atoms with E-state index < -0.39 is 0 Å². The Bertz CT molecular complexity index is 1120. The third-order valence-electron chi connectivity index (χ3n) is 3.99. The molecule has 29 heavy (non-hydrogen) atoms. The van der Waals surface area contributed by atoms with Gasteiger partial charge in [0.1, 0.15) is 11.5 Å². The molecule has 0 unspecified atom stereocenters. The molecule has 0 saturated carbocycles. The summed E-state index contributed by atoms with van der Waals surface area (Å²) in [5.41, 5.74) is 0.320. The first-order valence-electron chi connectivity index (χ1n) is 9.03. The summed E-state index contributed by atoms with van der Waals surface area (Å²) in [7, 11) is 0. The summed E-state index contributed by atoms with van der Waals surface area (Å²) >= 11 is 1.37. The molecule has 4 aromatic rings. The lowest BCUT2D eigenvalue weighted by Crippen LogP contribution is -2.30. The zero-order chi connectivity index (χ0) is 20.1. The summed E-state index contributed by atoms with van der Waals surface area (Å²) in [5, 5.41) is 11.9. The molecule has 0 spiro atoms. The third kappa shape index (κ3) is 4.19. The Labute approximate surface area is 171 Å². The minimum atomic E-state index is -0.329. The number of rotatable bonds is 8. The first kappa shape index (κ1) is 18.9. The molecule has 1 aromatic carbocycles. The monoisotopic (exact) mass is 409 g/mol. The van der Waals surface area contributed by atoms with Crippen molar-refractivity contribution in [2.75, 3.05) is 11.9 Å². The number of aromatic nitrogens is 4. The van der Waals surface area contributed by atoms with Crippen LogP contribution in [0.2, 0.25) is 0 Å². The highest BCUT2D eigenvalue weighted by atomic mass is 32.2. The number of hydrogen-bond acceptors (Lipinski definition) is 7. The Morgan fingerprint density at radius 3 is 2.69 bits per heavy atom. The first-order chi connectivity index (χ1) is 14.3. The summed E-state index contributed by atoms with van der Waals surface area (Å²) in [4.78, 5) is 13.2. The molecular weight excluding hydrogens is 390 g/mol. The van der Waals surface area contributed by atoms with E-state index in [1.807, 2.05) is 55.5 Å². The Balaban J connectivity index is 1.70. The van der Waals surface area contributed by atoms with E-state index in [1.165, 1.54) is 16.4 Å². The lowest BCUT2D eigenvalue weighted by molar-refractivity contribution is 0.342. The summed E-state index contributed by atoms with van der Waals surface area (Å²) in [6.07, 6.45) is 5.17. The average Bonchev–Trinajstić information content (AvgIpc) is 3.44. The van der Waals surface area contributed by atoms with Crippen LogP contribution in [-0.2, 0) is 5.75 Å². The van der Waals surface area contributed by atoms with Crippen molar-refractivity contribution >= 4 is 23.3 Å². The maximum Gasteiger partial charge on any atom is 0.316 e. The summed E-state index contributed by atoms with van der Waals surface area (Å²) < 4.78 is 14.1. The van der Waals surface area contributed by atoms with Crippen LogP contribution in [0.5, 0.6) is 5.75 Å². The second kappa shape index (κ2) is 8.70. The molecule has 0 aliphatic carbocycles. The zero-order valence-corrected chi connectivity index (χ0v) is 16.5. The molecule has 0 radical (unpaired) electrons. The second-order valence-electron chi connectivity index (χ2n) is 5.93. The zero-order valence-electron chi connectivity index (χ0n) is 15.7. The molecule has 8 nitrogen and oxygen atoms in total. The fraction of sp³-hybridized carbons (Fsp3) is 0.150. The van der Waals surface area contributed by atoms with Gasteiger partial charge in [0.15, 0.2) is 0 Å². The standard InChI is InChI=1S/C20H19N5O3S/c1-2-27-17-10-4-3-9-16(17)21-18-19(26)25(24-11-5-6-12-24)20(23-22-18)29-14-15-8-7-13-28-15/h3-13H,2,14H2,1H3,(H,21,22). The summed E-state index contributed by atoms with van der Waals surface area (Å²) in [5.74, 6) is 2.06. The predicted molar refractivity (Wildman–Crippen MR) is 111 cm³/mol. The fourth-order valence-electron chi connectivity index (χ4n) is 2.71. The lowest BCUT2D eigenvalue weighted by atomic mass is 10.3. The molecule has 4 rings (SSSR count). The molecule has 3 heterocycles. The van der Waals surface area contributed by atoms with Crippen LogP contribution in [0.4, 0.5) is 11.5 Å². The van der Waals surface area contributed by atoms with Gasteiger partial charge in [-0.05, 0) is 43.3 Å². The van der Waals surface area contributed by atoms with Gasteiger partial charge >= 0.3 is 5.56 Å². The Morgan fingerprint density at radius 1 is 1.10 bits per heavy atom. The van der Waals surface area contributed by atoms with E-state index in [2.05, 4.69) is 15.5 Å². The van der Waals surface area contributed by atoms with E-state index in [9.17, 15) is 4.79 Å². The van der Waals surface area contributed by atoms with E-state index >= 15 is 0 Å². The van der Waals surface area contributed by atoms with Crippen molar-refractivity contribution in [2.45, 2.75) is 17.8 Å². The molecule has 0 fully saturated rings.